The van der Waals surface area contributed by atoms with Crippen LogP contribution in [-0.2, 0) is 19.1 Å². The molecule has 2 N–H and O–H groups in total. The number of morpholine rings is 1. The molecule has 0 bridgehead atoms. The maximum absolute atomic E-state index is 12.9. The normalized spacial score (nSPS) is 18.3. The number of hydrogen-bond donors (Lipinski definition) is 2. The van der Waals surface area contributed by atoms with Gasteiger partial charge in [-0.05, 0) is 48.9 Å². The second kappa shape index (κ2) is 10.5. The molecule has 0 spiro atoms. The molecule has 0 aromatic heterocycles. The number of carbonyl (C=O) groups is 3. The molecular formula is C23H26ClN3O5. The molecule has 2 aliphatic rings. The lowest BCUT2D eigenvalue weighted by Crippen LogP contribution is -2.36. The molecule has 8 nitrogen and oxygen atoms in total. The fourth-order valence-electron chi connectivity index (χ4n) is 3.63. The van der Waals surface area contributed by atoms with E-state index < -0.39 is 12.0 Å². The molecule has 0 aliphatic carbocycles. The Balaban J connectivity index is 0.000000668. The summed E-state index contributed by atoms with van der Waals surface area (Å²) < 4.78 is 5.38. The number of nitrogens with one attached hydrogen (secondary N) is 1. The average molecular weight is 460 g/mol. The van der Waals surface area contributed by atoms with Gasteiger partial charge in [0.2, 0.25) is 5.91 Å². The van der Waals surface area contributed by atoms with E-state index in [4.69, 9.17) is 26.2 Å². The van der Waals surface area contributed by atoms with Crippen molar-refractivity contribution >= 4 is 46.4 Å². The zero-order valence-electron chi connectivity index (χ0n) is 18.0. The van der Waals surface area contributed by atoms with Crippen LogP contribution in [0.3, 0.4) is 0 Å². The van der Waals surface area contributed by atoms with Crippen molar-refractivity contribution in [3.63, 3.8) is 0 Å². The number of anilines is 3. The predicted octanol–water partition coefficient (Wildman–Crippen LogP) is 3.32. The molecule has 9 heteroatoms. The Morgan fingerprint density at radius 3 is 2.38 bits per heavy atom. The zero-order valence-corrected chi connectivity index (χ0v) is 18.8. The van der Waals surface area contributed by atoms with E-state index in [1.165, 1.54) is 4.90 Å². The van der Waals surface area contributed by atoms with Crippen LogP contribution < -0.4 is 15.1 Å². The van der Waals surface area contributed by atoms with Crippen LogP contribution >= 0.6 is 11.6 Å². The molecule has 32 heavy (non-hydrogen) atoms. The Morgan fingerprint density at radius 2 is 1.75 bits per heavy atom. The first-order chi connectivity index (χ1) is 15.3. The van der Waals surface area contributed by atoms with Crippen molar-refractivity contribution in [2.24, 2.45) is 0 Å². The Kier molecular flexibility index (Phi) is 7.71. The zero-order chi connectivity index (χ0) is 23.3. The molecular weight excluding hydrogens is 434 g/mol. The lowest BCUT2D eigenvalue weighted by atomic mass is 10.2. The third kappa shape index (κ3) is 5.57. The molecule has 0 saturated carbocycles. The highest BCUT2D eigenvalue weighted by Crippen LogP contribution is 2.31. The van der Waals surface area contributed by atoms with Gasteiger partial charge in [-0.1, -0.05) is 17.7 Å². The smallest absolute Gasteiger partial charge is 0.300 e. The van der Waals surface area contributed by atoms with Gasteiger partial charge in [-0.15, -0.1) is 0 Å². The van der Waals surface area contributed by atoms with Gasteiger partial charge in [0.25, 0.3) is 11.9 Å². The maximum Gasteiger partial charge on any atom is 0.300 e. The summed E-state index contributed by atoms with van der Waals surface area (Å²) in [6.07, 6.45) is 0.121. The molecule has 2 fully saturated rings. The van der Waals surface area contributed by atoms with Gasteiger partial charge < -0.3 is 20.1 Å². The quantitative estimate of drug-likeness (QED) is 0.676. The van der Waals surface area contributed by atoms with Gasteiger partial charge >= 0.3 is 0 Å². The molecule has 2 amide bonds. The van der Waals surface area contributed by atoms with Gasteiger partial charge in [0.05, 0.1) is 25.3 Å². The number of carboxylic acids is 1. The minimum Gasteiger partial charge on any atom is -0.481 e. The number of amides is 2. The number of imide groups is 1. The molecule has 1 unspecified atom stereocenters. The van der Waals surface area contributed by atoms with Crippen molar-refractivity contribution in [1.29, 1.82) is 0 Å². The Bertz CT molecular complexity index is 986. The van der Waals surface area contributed by atoms with Crippen LogP contribution in [0.4, 0.5) is 17.1 Å². The molecule has 1 atom stereocenters. The number of aliphatic carboxylic acids is 1. The van der Waals surface area contributed by atoms with Crippen LogP contribution in [-0.4, -0.2) is 55.2 Å². The highest BCUT2D eigenvalue weighted by Gasteiger charge is 2.40. The molecule has 2 saturated heterocycles. The number of halogens is 1. The first kappa shape index (κ1) is 23.6. The monoisotopic (exact) mass is 459 g/mol. The summed E-state index contributed by atoms with van der Waals surface area (Å²) in [5, 5.41) is 11.1. The molecule has 2 aromatic rings. The van der Waals surface area contributed by atoms with E-state index in [1.807, 2.05) is 31.2 Å². The molecule has 2 aromatic carbocycles. The van der Waals surface area contributed by atoms with E-state index in [0.29, 0.717) is 10.7 Å². The second-order valence-corrected chi connectivity index (χ2v) is 7.92. The largest absolute Gasteiger partial charge is 0.481 e. The van der Waals surface area contributed by atoms with E-state index in [1.54, 1.807) is 18.2 Å². The summed E-state index contributed by atoms with van der Waals surface area (Å²) in [4.78, 5) is 37.9. The first-order valence-corrected chi connectivity index (χ1v) is 10.7. The number of carbonyl (C=O) groups excluding carboxylic acids is 2. The summed E-state index contributed by atoms with van der Waals surface area (Å²) in [6.45, 7) is 6.10. The summed E-state index contributed by atoms with van der Waals surface area (Å²) in [5.41, 5.74) is 3.21. The van der Waals surface area contributed by atoms with Gasteiger partial charge in [-0.25, -0.2) is 4.90 Å². The lowest BCUT2D eigenvalue weighted by Gasteiger charge is -2.29. The van der Waals surface area contributed by atoms with E-state index in [-0.39, 0.29) is 18.2 Å². The fraction of sp³-hybridized carbons (Fsp3) is 0.348. The molecule has 0 radical (unpaired) electrons. The molecule has 170 valence electrons. The maximum atomic E-state index is 12.9. The van der Waals surface area contributed by atoms with Crippen molar-refractivity contribution in [1.82, 2.24) is 0 Å². The Hall–Kier alpha value is -3.10. The average Bonchev–Trinajstić information content (AvgIpc) is 3.04. The fourth-order valence-corrected chi connectivity index (χ4v) is 3.80. The number of rotatable bonds is 4. The van der Waals surface area contributed by atoms with Crippen molar-refractivity contribution in [2.75, 3.05) is 41.4 Å². The summed E-state index contributed by atoms with van der Waals surface area (Å²) in [7, 11) is 0. The van der Waals surface area contributed by atoms with E-state index in [9.17, 15) is 9.59 Å². The van der Waals surface area contributed by atoms with Crippen LogP contribution in [0, 0.1) is 6.92 Å². The Labute approximate surface area is 191 Å². The van der Waals surface area contributed by atoms with Crippen LogP contribution in [0.1, 0.15) is 18.9 Å². The minimum absolute atomic E-state index is 0.121. The lowest BCUT2D eigenvalue weighted by molar-refractivity contribution is -0.134. The number of carboxylic acid groups (broad SMARTS) is 1. The summed E-state index contributed by atoms with van der Waals surface area (Å²) >= 11 is 6.16. The highest BCUT2D eigenvalue weighted by atomic mass is 35.5. The predicted molar refractivity (Wildman–Crippen MR) is 123 cm³/mol. The third-order valence-electron chi connectivity index (χ3n) is 5.21. The topological polar surface area (TPSA) is 99.2 Å². The first-order valence-electron chi connectivity index (χ1n) is 10.3. The van der Waals surface area contributed by atoms with Gasteiger partial charge in [0, 0.05) is 36.4 Å². The van der Waals surface area contributed by atoms with E-state index in [2.05, 4.69) is 10.2 Å². The molecule has 2 aliphatic heterocycles. The van der Waals surface area contributed by atoms with Gasteiger partial charge in [0.1, 0.15) is 6.04 Å². The van der Waals surface area contributed by atoms with Crippen molar-refractivity contribution < 1.29 is 24.2 Å². The van der Waals surface area contributed by atoms with Crippen LogP contribution in [0.15, 0.2) is 42.5 Å². The summed E-state index contributed by atoms with van der Waals surface area (Å²) in [5.74, 6) is -1.31. The SMILES string of the molecule is CC(=O)O.Cc1c(Cl)cccc1N1C(=O)CC(Nc2ccc(N3CCOCC3)cc2)C1=O. The second-order valence-electron chi connectivity index (χ2n) is 7.52. The number of ether oxygens (including phenoxy) is 1. The van der Waals surface area contributed by atoms with Crippen molar-refractivity contribution in [2.45, 2.75) is 26.3 Å². The van der Waals surface area contributed by atoms with Crippen molar-refractivity contribution in [3.8, 4) is 0 Å². The van der Waals surface area contributed by atoms with Crippen LogP contribution in [0.5, 0.6) is 0 Å². The van der Waals surface area contributed by atoms with Gasteiger partial charge in [0.15, 0.2) is 0 Å². The number of nitrogens with zero attached hydrogens (tertiary/aromatic N) is 2. The highest BCUT2D eigenvalue weighted by molar-refractivity contribution is 6.32. The van der Waals surface area contributed by atoms with Crippen molar-refractivity contribution in [3.05, 3.63) is 53.1 Å². The summed E-state index contributed by atoms with van der Waals surface area (Å²) in [6, 6.07) is 12.6. The van der Waals surface area contributed by atoms with E-state index >= 15 is 0 Å². The van der Waals surface area contributed by atoms with E-state index in [0.717, 1.165) is 50.2 Å². The van der Waals surface area contributed by atoms with Gasteiger partial charge in [-0.3, -0.25) is 14.4 Å². The Morgan fingerprint density at radius 1 is 1.12 bits per heavy atom. The molecule has 2 heterocycles. The number of benzene rings is 2. The third-order valence-corrected chi connectivity index (χ3v) is 5.62. The van der Waals surface area contributed by atoms with Crippen LogP contribution in [0.25, 0.3) is 0 Å². The number of hydrogen-bond acceptors (Lipinski definition) is 6. The molecule has 4 rings (SSSR count). The minimum atomic E-state index is -0.833. The van der Waals surface area contributed by atoms with Gasteiger partial charge in [-0.2, -0.15) is 0 Å². The van der Waals surface area contributed by atoms with Crippen LogP contribution in [0.2, 0.25) is 5.02 Å². The standard InChI is InChI=1S/C21H22ClN3O3.C2H4O2/c1-14-17(22)3-2-4-19(14)25-20(26)13-18(21(25)27)23-15-5-7-16(8-6-15)24-9-11-28-12-10-24;1-2(3)4/h2-8,18,23H,9-13H2,1H3;1H3,(H,3,4).